The van der Waals surface area contributed by atoms with E-state index in [0.717, 1.165) is 40.2 Å². The van der Waals surface area contributed by atoms with Crippen LogP contribution in [0.1, 0.15) is 115 Å². The van der Waals surface area contributed by atoms with Crippen molar-refractivity contribution in [3.8, 4) is 0 Å². The standard InChI is InChI=1S/C9H14O.3C6H7N.C6H8S.C5H6N2.2C5H7N.2C5H6O.2C5H6S.C4H6N2.C4H5NS.CH4/c1-3-4-5-9-6-8(2)10-7-9;1-6-2-4-7-5-3-6;1-6-3-2-4-7-5-6;1-6-4-2-3-5-7-6;1-5-3-4-7-6(5)2;1-5-4-6-2-3-7-5;1-5-2-3-6-4-5;1-5-3-2-4-6-5;1-5-2-3-6-4-5;1-5-3-2-4-6-5;1-5-2-3-6-4-5;1-5-3-2-4-6-5;2*1-4-5-2-3-6-4;/h6-7H,3-5H2,1-2H3;3*2-5H,1H3;3-4H,1-2H3;2-4H,1H3;2*2-4,6H,1H3;4*2-4H,1H3;2-3H,1H3,(H,5,6);2-3H,1H3;1H4. The van der Waals surface area contributed by atoms with Gasteiger partial charge in [0, 0.05) is 113 Å². The highest BCUT2D eigenvalue weighted by atomic mass is 32.1. The molecule has 0 fully saturated rings. The number of hydrogen-bond acceptors (Lipinski definition) is 14. The van der Waals surface area contributed by atoms with Crippen molar-refractivity contribution in [2.45, 2.75) is 137 Å². The zero-order valence-electron chi connectivity index (χ0n) is 57.3. The molecule has 0 amide bonds. The van der Waals surface area contributed by atoms with Crippen LogP contribution < -0.4 is 0 Å². The molecule has 94 heavy (non-hydrogen) atoms. The average molecular weight is 1340 g/mol. The lowest BCUT2D eigenvalue weighted by molar-refractivity contribution is 0.531. The lowest BCUT2D eigenvalue weighted by Crippen LogP contribution is -1.78. The molecule has 0 radical (unpaired) electrons. The highest BCUT2D eigenvalue weighted by Gasteiger charge is 1.95. The maximum Gasteiger partial charge on any atom is 0.102 e. The van der Waals surface area contributed by atoms with Gasteiger partial charge in [0.1, 0.15) is 17.3 Å². The van der Waals surface area contributed by atoms with Gasteiger partial charge in [0.15, 0.2) is 0 Å². The number of H-pyrrole nitrogens is 3. The highest BCUT2D eigenvalue weighted by Crippen LogP contribution is 2.12. The third-order valence-electron chi connectivity index (χ3n) is 11.2. The first-order valence-corrected chi connectivity index (χ1v) is 33.8. The third kappa shape index (κ3) is 53.5. The molecule has 0 aromatic carbocycles. The number of aryl methyl sites for hydroxylation is 16. The summed E-state index contributed by atoms with van der Waals surface area (Å²) in [7, 11) is 0. The zero-order valence-corrected chi connectivity index (χ0v) is 60.5. The van der Waals surface area contributed by atoms with E-state index in [1.807, 2.05) is 185 Å². The fourth-order valence-electron chi connectivity index (χ4n) is 6.01. The van der Waals surface area contributed by atoms with E-state index in [-0.39, 0.29) is 7.43 Å². The molecule has 0 atom stereocenters. The van der Waals surface area contributed by atoms with Crippen LogP contribution in [0.4, 0.5) is 0 Å². The summed E-state index contributed by atoms with van der Waals surface area (Å²) in [5.41, 5.74) is 12.3. The number of aromatic nitrogens is 10. The molecular formula is C77H102N10O3S4. The Balaban J connectivity index is 0.000000992. The average Bonchev–Trinajstić information content (AvgIpc) is 4.41. The highest BCUT2D eigenvalue weighted by molar-refractivity contribution is 7.10. The second-order valence-corrected chi connectivity index (χ2v) is 24.4. The molecule has 0 saturated heterocycles. The van der Waals surface area contributed by atoms with Gasteiger partial charge in [0.2, 0.25) is 0 Å². The molecule has 0 bridgehead atoms. The summed E-state index contributed by atoms with van der Waals surface area (Å²) in [6, 6.07) is 36.0. The van der Waals surface area contributed by atoms with Gasteiger partial charge in [0.25, 0.3) is 0 Å². The number of pyridine rings is 3. The monoisotopic (exact) mass is 1340 g/mol. The number of aromatic amines is 3. The summed E-state index contributed by atoms with van der Waals surface area (Å²) in [6.45, 7) is 32.5. The van der Waals surface area contributed by atoms with Crippen molar-refractivity contribution in [1.82, 2.24) is 49.8 Å². The van der Waals surface area contributed by atoms with Gasteiger partial charge in [-0.25, -0.2) is 4.98 Å². The largest absolute Gasteiger partial charge is 0.472 e. The van der Waals surface area contributed by atoms with Crippen molar-refractivity contribution in [3.05, 3.63) is 336 Å². The van der Waals surface area contributed by atoms with Crippen LogP contribution in [0.3, 0.4) is 0 Å². The number of rotatable bonds is 3. The van der Waals surface area contributed by atoms with Crippen LogP contribution in [0.15, 0.2) is 261 Å². The molecule has 13 nitrogen and oxygen atoms in total. The molecule has 17 heteroatoms. The zero-order chi connectivity index (χ0) is 68.4. The number of thiazole rings is 1. The maximum absolute atomic E-state index is 5.16. The fourth-order valence-corrected chi connectivity index (χ4v) is 8.37. The Kier molecular flexibility index (Phi) is 52.1. The fraction of sp³-hybridized carbons (Fsp3) is 0.260. The van der Waals surface area contributed by atoms with Gasteiger partial charge in [-0.15, -0.1) is 34.0 Å². The molecule has 0 aliphatic carbocycles. The molecule has 0 aliphatic rings. The van der Waals surface area contributed by atoms with Gasteiger partial charge >= 0.3 is 0 Å². The van der Waals surface area contributed by atoms with Gasteiger partial charge in [-0.2, -0.15) is 11.3 Å². The molecular weight excluding hydrogens is 1240 g/mol. The normalized spacial score (nSPS) is 8.89. The van der Waals surface area contributed by atoms with Crippen molar-refractivity contribution >= 4 is 45.3 Å². The van der Waals surface area contributed by atoms with Crippen LogP contribution in [-0.4, -0.2) is 49.8 Å². The number of imidazole rings is 1. The van der Waals surface area contributed by atoms with Crippen LogP contribution in [0, 0.1) is 104 Å². The molecule has 502 valence electrons. The van der Waals surface area contributed by atoms with Crippen LogP contribution in [0.2, 0.25) is 0 Å². The van der Waals surface area contributed by atoms with Gasteiger partial charge in [-0.1, -0.05) is 39.0 Å². The number of hydrogen-bond donors (Lipinski definition) is 3. The number of nitrogens with zero attached hydrogens (tertiary/aromatic N) is 7. The Morgan fingerprint density at radius 1 is 0.457 bits per heavy atom. The molecule has 14 aromatic rings. The summed E-state index contributed by atoms with van der Waals surface area (Å²) < 4.78 is 14.7. The van der Waals surface area contributed by atoms with E-state index < -0.39 is 0 Å². The maximum atomic E-state index is 5.16. The second kappa shape index (κ2) is 57.7. The van der Waals surface area contributed by atoms with Crippen molar-refractivity contribution in [3.63, 3.8) is 0 Å². The van der Waals surface area contributed by atoms with Gasteiger partial charge in [-0.3, -0.25) is 29.9 Å². The lowest BCUT2D eigenvalue weighted by Gasteiger charge is -1.89. The summed E-state index contributed by atoms with van der Waals surface area (Å²) in [6.07, 6.45) is 35.7. The SMILES string of the molecule is C.CCCCc1coc(C)c1.Cc1cc[nH]c1.Cc1ccc[nH]1.Cc1ccccn1.Cc1cccnc1.Cc1ccco1.Cc1cccs1.Cc1ccncc1.Cc1ccoc1.Cc1ccsc1.Cc1ccsc1C.Cc1cnccn1.Cc1ncc[nH]1.Cc1nccs1. The Labute approximate surface area is 578 Å². The Hall–Kier alpha value is -9.13. The second-order valence-electron chi connectivity index (χ2n) is 20.2. The lowest BCUT2D eigenvalue weighted by atomic mass is 10.1. The summed E-state index contributed by atoms with van der Waals surface area (Å²) in [4.78, 5) is 38.9. The van der Waals surface area contributed by atoms with Crippen LogP contribution in [-0.2, 0) is 6.42 Å². The topological polar surface area (TPSA) is 177 Å². The van der Waals surface area contributed by atoms with Crippen LogP contribution in [0.25, 0.3) is 0 Å². The van der Waals surface area contributed by atoms with Crippen molar-refractivity contribution in [2.75, 3.05) is 0 Å². The molecule has 14 heterocycles. The van der Waals surface area contributed by atoms with E-state index in [1.165, 1.54) is 67.2 Å². The first-order chi connectivity index (χ1) is 44.9. The predicted molar refractivity (Wildman–Crippen MR) is 403 cm³/mol. The van der Waals surface area contributed by atoms with E-state index in [4.69, 9.17) is 13.3 Å². The summed E-state index contributed by atoms with van der Waals surface area (Å²) in [5, 5.41) is 11.5. The van der Waals surface area contributed by atoms with Gasteiger partial charge in [-0.05, 0) is 268 Å². The molecule has 14 rings (SSSR count). The van der Waals surface area contributed by atoms with Crippen LogP contribution in [0.5, 0.6) is 0 Å². The quantitative estimate of drug-likeness (QED) is 0.154. The van der Waals surface area contributed by atoms with Crippen molar-refractivity contribution in [2.24, 2.45) is 0 Å². The molecule has 0 spiro atoms. The number of thiophene rings is 3. The summed E-state index contributed by atoms with van der Waals surface area (Å²) in [5.74, 6) is 2.95. The van der Waals surface area contributed by atoms with Crippen LogP contribution >= 0.6 is 45.3 Å². The van der Waals surface area contributed by atoms with Crippen molar-refractivity contribution in [1.29, 1.82) is 0 Å². The molecule has 0 unspecified atom stereocenters. The Bertz CT molecular complexity index is 3080. The number of nitrogens with one attached hydrogen (secondary N) is 3. The Morgan fingerprint density at radius 2 is 1.23 bits per heavy atom. The molecule has 0 aliphatic heterocycles. The van der Waals surface area contributed by atoms with E-state index in [1.54, 1.807) is 126 Å². The van der Waals surface area contributed by atoms with E-state index in [2.05, 4.69) is 143 Å². The first-order valence-electron chi connectivity index (χ1n) is 30.2. The van der Waals surface area contributed by atoms with Crippen molar-refractivity contribution < 1.29 is 13.3 Å². The third-order valence-corrected chi connectivity index (χ3v) is 14.5. The molecule has 0 saturated carbocycles. The van der Waals surface area contributed by atoms with E-state index >= 15 is 0 Å². The van der Waals surface area contributed by atoms with Gasteiger partial charge < -0.3 is 28.2 Å². The predicted octanol–water partition coefficient (Wildman–Crippen LogP) is 23.0. The van der Waals surface area contributed by atoms with E-state index in [9.17, 15) is 0 Å². The number of furan rings is 3. The molecule has 3 N–H and O–H groups in total. The first kappa shape index (κ1) is 84.9. The van der Waals surface area contributed by atoms with E-state index in [0.29, 0.717) is 0 Å². The minimum Gasteiger partial charge on any atom is -0.472 e. The van der Waals surface area contributed by atoms with Gasteiger partial charge in [0.05, 0.1) is 35.8 Å². The molecule has 14 aromatic heterocycles. The summed E-state index contributed by atoms with van der Waals surface area (Å²) >= 11 is 6.99. The number of unbranched alkanes of at least 4 members (excludes halogenated alkanes) is 1. The Morgan fingerprint density at radius 3 is 1.47 bits per heavy atom. The minimum atomic E-state index is 0. The smallest absolute Gasteiger partial charge is 0.102 e. The minimum absolute atomic E-state index is 0.